The molecular weight excluding hydrogens is 284 g/mol. The second-order valence-electron chi connectivity index (χ2n) is 6.77. The number of thioether (sulfide) groups is 1. The molecule has 0 aromatic rings. The molecule has 1 amide bonds. The smallest absolute Gasteiger partial charge is 0.226 e. The lowest BCUT2D eigenvalue weighted by Crippen LogP contribution is -2.48. The SMILES string of the molecule is NC1CCCC(C(=O)N(CC2CCCO2)C2CCSC2)C1. The lowest BCUT2D eigenvalue weighted by atomic mass is 9.85. The van der Waals surface area contributed by atoms with Gasteiger partial charge in [0.25, 0.3) is 0 Å². The molecule has 0 aromatic heterocycles. The number of hydrogen-bond donors (Lipinski definition) is 1. The summed E-state index contributed by atoms with van der Waals surface area (Å²) in [5.41, 5.74) is 6.08. The molecule has 3 aliphatic rings. The first kappa shape index (κ1) is 15.6. The Morgan fingerprint density at radius 2 is 2.14 bits per heavy atom. The zero-order chi connectivity index (χ0) is 14.7. The van der Waals surface area contributed by atoms with Gasteiger partial charge in [-0.25, -0.2) is 0 Å². The maximum atomic E-state index is 13.0. The van der Waals surface area contributed by atoms with Gasteiger partial charge in [0.1, 0.15) is 0 Å². The summed E-state index contributed by atoms with van der Waals surface area (Å²) in [6.45, 7) is 1.66. The minimum Gasteiger partial charge on any atom is -0.376 e. The number of carbonyl (C=O) groups is 1. The van der Waals surface area contributed by atoms with E-state index in [1.807, 2.05) is 11.8 Å². The summed E-state index contributed by atoms with van der Waals surface area (Å²) in [6.07, 6.45) is 7.72. The molecule has 5 heteroatoms. The number of ether oxygens (including phenoxy) is 1. The normalized spacial score (nSPS) is 36.8. The Morgan fingerprint density at radius 1 is 1.24 bits per heavy atom. The van der Waals surface area contributed by atoms with Gasteiger partial charge in [-0.2, -0.15) is 11.8 Å². The molecule has 4 atom stereocenters. The highest BCUT2D eigenvalue weighted by molar-refractivity contribution is 7.99. The van der Waals surface area contributed by atoms with Crippen LogP contribution in [0.2, 0.25) is 0 Å². The predicted molar refractivity (Wildman–Crippen MR) is 86.4 cm³/mol. The molecule has 120 valence electrons. The van der Waals surface area contributed by atoms with Crippen molar-refractivity contribution in [1.82, 2.24) is 4.90 Å². The van der Waals surface area contributed by atoms with Gasteiger partial charge in [0.05, 0.1) is 6.10 Å². The monoisotopic (exact) mass is 312 g/mol. The first-order valence-electron chi connectivity index (χ1n) is 8.49. The van der Waals surface area contributed by atoms with Crippen molar-refractivity contribution in [1.29, 1.82) is 0 Å². The van der Waals surface area contributed by atoms with Gasteiger partial charge in [-0.05, 0) is 44.3 Å². The second-order valence-corrected chi connectivity index (χ2v) is 7.92. The highest BCUT2D eigenvalue weighted by atomic mass is 32.2. The van der Waals surface area contributed by atoms with Gasteiger partial charge in [-0.3, -0.25) is 4.79 Å². The Balaban J connectivity index is 1.65. The van der Waals surface area contributed by atoms with Crippen LogP contribution >= 0.6 is 11.8 Å². The Bertz CT molecular complexity index is 354. The van der Waals surface area contributed by atoms with Crippen molar-refractivity contribution in [2.24, 2.45) is 11.7 Å². The number of amides is 1. The average molecular weight is 312 g/mol. The Hall–Kier alpha value is -0.260. The minimum absolute atomic E-state index is 0.153. The third kappa shape index (κ3) is 3.93. The summed E-state index contributed by atoms with van der Waals surface area (Å²) in [7, 11) is 0. The summed E-state index contributed by atoms with van der Waals surface area (Å²) >= 11 is 1.97. The van der Waals surface area contributed by atoms with E-state index in [0.29, 0.717) is 11.9 Å². The Kier molecular flexibility index (Phi) is 5.46. The van der Waals surface area contributed by atoms with Gasteiger partial charge in [-0.15, -0.1) is 0 Å². The number of nitrogens with zero attached hydrogens (tertiary/aromatic N) is 1. The molecule has 4 unspecified atom stereocenters. The standard InChI is InChI=1S/C16H28N2O2S/c17-13-4-1-3-12(9-13)16(19)18(14-6-8-21-11-14)10-15-5-2-7-20-15/h12-15H,1-11,17H2. The van der Waals surface area contributed by atoms with Crippen LogP contribution in [0.5, 0.6) is 0 Å². The van der Waals surface area contributed by atoms with Crippen LogP contribution in [0.15, 0.2) is 0 Å². The fourth-order valence-electron chi connectivity index (χ4n) is 3.88. The summed E-state index contributed by atoms with van der Waals surface area (Å²) in [5.74, 6) is 2.79. The van der Waals surface area contributed by atoms with Crippen LogP contribution in [0.25, 0.3) is 0 Å². The quantitative estimate of drug-likeness (QED) is 0.863. The molecule has 0 radical (unpaired) electrons. The molecule has 0 aromatic carbocycles. The van der Waals surface area contributed by atoms with Crippen molar-refractivity contribution in [3.8, 4) is 0 Å². The highest BCUT2D eigenvalue weighted by Gasteiger charge is 2.35. The van der Waals surface area contributed by atoms with Crippen LogP contribution < -0.4 is 5.73 Å². The van der Waals surface area contributed by atoms with E-state index in [4.69, 9.17) is 10.5 Å². The first-order chi connectivity index (χ1) is 10.2. The molecule has 3 fully saturated rings. The number of nitrogens with two attached hydrogens (primary N) is 1. The zero-order valence-corrected chi connectivity index (χ0v) is 13.7. The van der Waals surface area contributed by atoms with Crippen molar-refractivity contribution >= 4 is 17.7 Å². The molecule has 21 heavy (non-hydrogen) atoms. The third-order valence-electron chi connectivity index (χ3n) is 5.12. The fraction of sp³-hybridized carbons (Fsp3) is 0.938. The van der Waals surface area contributed by atoms with Crippen LogP contribution in [0.1, 0.15) is 44.9 Å². The molecular formula is C16H28N2O2S. The average Bonchev–Trinajstić information content (AvgIpc) is 3.17. The van der Waals surface area contributed by atoms with Crippen molar-refractivity contribution in [3.63, 3.8) is 0 Å². The molecule has 4 nitrogen and oxygen atoms in total. The van der Waals surface area contributed by atoms with E-state index in [0.717, 1.165) is 63.9 Å². The summed E-state index contributed by atoms with van der Waals surface area (Å²) < 4.78 is 5.78. The van der Waals surface area contributed by atoms with Gasteiger partial charge in [0, 0.05) is 36.9 Å². The summed E-state index contributed by atoms with van der Waals surface area (Å²) in [4.78, 5) is 15.2. The predicted octanol–water partition coefficient (Wildman–Crippen LogP) is 2.02. The van der Waals surface area contributed by atoms with Gasteiger partial charge in [0.2, 0.25) is 5.91 Å². The van der Waals surface area contributed by atoms with E-state index in [1.54, 1.807) is 0 Å². The maximum absolute atomic E-state index is 13.0. The van der Waals surface area contributed by atoms with Crippen molar-refractivity contribution in [2.75, 3.05) is 24.7 Å². The van der Waals surface area contributed by atoms with Crippen molar-refractivity contribution in [2.45, 2.75) is 63.1 Å². The molecule has 0 spiro atoms. The Labute approximate surface area is 132 Å². The molecule has 0 bridgehead atoms. The second kappa shape index (κ2) is 7.34. The first-order valence-corrected chi connectivity index (χ1v) is 9.65. The minimum atomic E-state index is 0.153. The number of rotatable bonds is 4. The van der Waals surface area contributed by atoms with E-state index in [-0.39, 0.29) is 18.1 Å². The van der Waals surface area contributed by atoms with E-state index < -0.39 is 0 Å². The lowest BCUT2D eigenvalue weighted by Gasteiger charge is -2.36. The molecule has 2 N–H and O–H groups in total. The molecule has 2 saturated heterocycles. The van der Waals surface area contributed by atoms with E-state index in [1.165, 1.54) is 5.75 Å². The molecule has 2 aliphatic heterocycles. The van der Waals surface area contributed by atoms with E-state index >= 15 is 0 Å². The van der Waals surface area contributed by atoms with Gasteiger partial charge >= 0.3 is 0 Å². The van der Waals surface area contributed by atoms with Crippen LogP contribution in [-0.2, 0) is 9.53 Å². The third-order valence-corrected chi connectivity index (χ3v) is 6.26. The van der Waals surface area contributed by atoms with Gasteiger partial charge in [0.15, 0.2) is 0 Å². The van der Waals surface area contributed by atoms with Crippen molar-refractivity contribution in [3.05, 3.63) is 0 Å². The van der Waals surface area contributed by atoms with Gasteiger partial charge in [-0.1, -0.05) is 6.42 Å². The Morgan fingerprint density at radius 3 is 2.81 bits per heavy atom. The highest BCUT2D eigenvalue weighted by Crippen LogP contribution is 2.30. The van der Waals surface area contributed by atoms with E-state index in [2.05, 4.69) is 4.90 Å². The summed E-state index contributed by atoms with van der Waals surface area (Å²) in [5, 5.41) is 0. The van der Waals surface area contributed by atoms with Crippen molar-refractivity contribution < 1.29 is 9.53 Å². The zero-order valence-electron chi connectivity index (χ0n) is 12.8. The number of hydrogen-bond acceptors (Lipinski definition) is 4. The lowest BCUT2D eigenvalue weighted by molar-refractivity contribution is -0.140. The van der Waals surface area contributed by atoms with Gasteiger partial charge < -0.3 is 15.4 Å². The topological polar surface area (TPSA) is 55.6 Å². The van der Waals surface area contributed by atoms with Crippen LogP contribution in [0.3, 0.4) is 0 Å². The molecule has 1 saturated carbocycles. The summed E-state index contributed by atoms with van der Waals surface area (Å²) in [6, 6.07) is 0.639. The van der Waals surface area contributed by atoms with Crippen LogP contribution in [0.4, 0.5) is 0 Å². The molecule has 1 aliphatic carbocycles. The molecule has 2 heterocycles. The largest absolute Gasteiger partial charge is 0.376 e. The fourth-order valence-corrected chi connectivity index (χ4v) is 5.11. The van der Waals surface area contributed by atoms with E-state index in [9.17, 15) is 4.79 Å². The number of carbonyl (C=O) groups excluding carboxylic acids is 1. The maximum Gasteiger partial charge on any atom is 0.226 e. The molecule has 3 rings (SSSR count). The van der Waals surface area contributed by atoms with Crippen LogP contribution in [0, 0.1) is 5.92 Å². The van der Waals surface area contributed by atoms with Crippen LogP contribution in [-0.4, -0.2) is 53.7 Å².